The number of esters is 1. The van der Waals surface area contributed by atoms with Gasteiger partial charge in [0.2, 0.25) is 0 Å². The van der Waals surface area contributed by atoms with Gasteiger partial charge in [-0.3, -0.25) is 9.59 Å². The van der Waals surface area contributed by atoms with Gasteiger partial charge in [-0.2, -0.15) is 0 Å². The minimum absolute atomic E-state index is 0.0220. The lowest BCUT2D eigenvalue weighted by atomic mass is 9.93. The third-order valence-corrected chi connectivity index (χ3v) is 2.70. The van der Waals surface area contributed by atoms with Crippen molar-refractivity contribution in [3.8, 4) is 0 Å². The Morgan fingerprint density at radius 2 is 2.25 bits per heavy atom. The number of hydrogen-bond donors (Lipinski definition) is 1. The number of rotatable bonds is 1. The first-order valence-corrected chi connectivity index (χ1v) is 4.09. The van der Waals surface area contributed by atoms with Gasteiger partial charge in [0.1, 0.15) is 6.10 Å². The Bertz CT molecular complexity index is 235. The van der Waals surface area contributed by atoms with E-state index in [9.17, 15) is 9.59 Å². The quantitative estimate of drug-likeness (QED) is 0.579. The average Bonchev–Trinajstić information content (AvgIpc) is 2.26. The Morgan fingerprint density at radius 3 is 2.92 bits per heavy atom. The van der Waals surface area contributed by atoms with Crippen LogP contribution in [0, 0.1) is 11.8 Å². The maximum atomic E-state index is 10.9. The molecule has 0 radical (unpaired) electrons. The molecule has 0 amide bonds. The Kier molecular flexibility index (Phi) is 1.56. The van der Waals surface area contributed by atoms with Gasteiger partial charge >= 0.3 is 11.9 Å². The molecule has 12 heavy (non-hydrogen) atoms. The minimum Gasteiger partial charge on any atom is -0.481 e. The molecule has 1 aliphatic carbocycles. The highest BCUT2D eigenvalue weighted by molar-refractivity contribution is 5.76. The van der Waals surface area contributed by atoms with E-state index in [4.69, 9.17) is 9.84 Å². The van der Waals surface area contributed by atoms with Crippen molar-refractivity contribution in [3.63, 3.8) is 0 Å². The number of ether oxygens (including phenoxy) is 1. The van der Waals surface area contributed by atoms with Crippen molar-refractivity contribution in [2.24, 2.45) is 11.8 Å². The molecule has 4 heteroatoms. The fraction of sp³-hybridized carbons (Fsp3) is 0.750. The second-order valence-electron chi connectivity index (χ2n) is 3.49. The highest BCUT2D eigenvalue weighted by Crippen LogP contribution is 2.40. The summed E-state index contributed by atoms with van der Waals surface area (Å²) >= 11 is 0. The van der Waals surface area contributed by atoms with Crippen LogP contribution in [0.2, 0.25) is 0 Å². The van der Waals surface area contributed by atoms with E-state index in [0.29, 0.717) is 6.42 Å². The van der Waals surface area contributed by atoms with Crippen LogP contribution in [0.1, 0.15) is 19.3 Å². The number of carboxylic acids is 1. The lowest BCUT2D eigenvalue weighted by Gasteiger charge is -2.18. The van der Waals surface area contributed by atoms with E-state index in [0.717, 1.165) is 6.42 Å². The van der Waals surface area contributed by atoms with Crippen LogP contribution in [0.25, 0.3) is 0 Å². The van der Waals surface area contributed by atoms with E-state index >= 15 is 0 Å². The molecule has 0 aromatic carbocycles. The van der Waals surface area contributed by atoms with Crippen molar-refractivity contribution in [1.82, 2.24) is 0 Å². The lowest BCUT2D eigenvalue weighted by Crippen LogP contribution is -2.24. The monoisotopic (exact) mass is 170 g/mol. The zero-order valence-corrected chi connectivity index (χ0v) is 6.53. The molecule has 0 spiro atoms. The van der Waals surface area contributed by atoms with Gasteiger partial charge in [0.15, 0.2) is 0 Å². The zero-order valence-electron chi connectivity index (χ0n) is 6.53. The second kappa shape index (κ2) is 2.47. The average molecular weight is 170 g/mol. The van der Waals surface area contributed by atoms with Crippen molar-refractivity contribution in [2.45, 2.75) is 25.4 Å². The summed E-state index contributed by atoms with van der Waals surface area (Å²) in [5.41, 5.74) is 0. The zero-order chi connectivity index (χ0) is 8.72. The number of hydrogen-bond acceptors (Lipinski definition) is 3. The van der Waals surface area contributed by atoms with Crippen molar-refractivity contribution in [3.05, 3.63) is 0 Å². The van der Waals surface area contributed by atoms with Crippen LogP contribution in [-0.4, -0.2) is 23.1 Å². The number of fused-ring (bicyclic) bond motifs is 2. The van der Waals surface area contributed by atoms with Crippen LogP contribution < -0.4 is 0 Å². The minimum atomic E-state index is -0.791. The van der Waals surface area contributed by atoms with Crippen molar-refractivity contribution in [1.29, 1.82) is 0 Å². The van der Waals surface area contributed by atoms with Crippen LogP contribution in [0.3, 0.4) is 0 Å². The van der Waals surface area contributed by atoms with Crippen LogP contribution in [-0.2, 0) is 14.3 Å². The Hall–Kier alpha value is -1.06. The smallest absolute Gasteiger partial charge is 0.306 e. The summed E-state index contributed by atoms with van der Waals surface area (Å²) in [6, 6.07) is 0. The molecular weight excluding hydrogens is 160 g/mol. The first-order valence-electron chi connectivity index (χ1n) is 4.09. The van der Waals surface area contributed by atoms with Crippen molar-refractivity contribution in [2.75, 3.05) is 0 Å². The molecule has 1 heterocycles. The molecule has 2 fully saturated rings. The van der Waals surface area contributed by atoms with Crippen molar-refractivity contribution < 1.29 is 19.4 Å². The van der Waals surface area contributed by atoms with Gasteiger partial charge in [0.25, 0.3) is 0 Å². The van der Waals surface area contributed by atoms with Gasteiger partial charge in [-0.1, -0.05) is 0 Å². The molecule has 3 unspecified atom stereocenters. The first kappa shape index (κ1) is 7.58. The predicted octanol–water partition coefficient (Wildman–Crippen LogP) is 0.413. The SMILES string of the molecule is O=C1CC2CC(CC2C(=O)O)O1. The molecule has 2 aliphatic rings. The fourth-order valence-electron chi connectivity index (χ4n) is 2.15. The number of aliphatic carboxylic acids is 1. The van der Waals surface area contributed by atoms with Crippen LogP contribution in [0.15, 0.2) is 0 Å². The summed E-state index contributed by atoms with van der Waals surface area (Å²) in [5.74, 6) is -1.36. The van der Waals surface area contributed by atoms with E-state index in [-0.39, 0.29) is 30.3 Å². The molecule has 2 rings (SSSR count). The summed E-state index contributed by atoms with van der Waals surface area (Å²) in [5, 5.41) is 8.78. The topological polar surface area (TPSA) is 63.6 Å². The summed E-state index contributed by atoms with van der Waals surface area (Å²) in [4.78, 5) is 21.6. The van der Waals surface area contributed by atoms with Gasteiger partial charge in [-0.25, -0.2) is 0 Å². The van der Waals surface area contributed by atoms with Gasteiger partial charge in [-0.15, -0.1) is 0 Å². The first-order chi connectivity index (χ1) is 5.66. The van der Waals surface area contributed by atoms with Crippen LogP contribution >= 0.6 is 0 Å². The lowest BCUT2D eigenvalue weighted by molar-refractivity contribution is -0.153. The molecule has 0 aromatic rings. The maximum Gasteiger partial charge on any atom is 0.306 e. The summed E-state index contributed by atoms with van der Waals surface area (Å²) < 4.78 is 4.96. The third-order valence-electron chi connectivity index (χ3n) is 2.70. The van der Waals surface area contributed by atoms with Gasteiger partial charge < -0.3 is 9.84 Å². The summed E-state index contributed by atoms with van der Waals surface area (Å²) in [6.07, 6.45) is 1.40. The summed E-state index contributed by atoms with van der Waals surface area (Å²) in [7, 11) is 0. The second-order valence-corrected chi connectivity index (χ2v) is 3.49. The standard InChI is InChI=1S/C8H10O4/c9-7-2-4-1-5(12-7)3-6(4)8(10)11/h4-6H,1-3H2,(H,10,11). The summed E-state index contributed by atoms with van der Waals surface area (Å²) in [6.45, 7) is 0. The van der Waals surface area contributed by atoms with E-state index in [1.165, 1.54) is 0 Å². The molecule has 66 valence electrons. The van der Waals surface area contributed by atoms with E-state index in [1.807, 2.05) is 0 Å². The van der Waals surface area contributed by atoms with Gasteiger partial charge in [0, 0.05) is 6.42 Å². The molecule has 3 atom stereocenters. The molecule has 4 nitrogen and oxygen atoms in total. The predicted molar refractivity (Wildman–Crippen MR) is 38.3 cm³/mol. The molecular formula is C8H10O4. The Balaban J connectivity index is 2.14. The number of carbonyl (C=O) groups is 2. The Labute approximate surface area is 69.5 Å². The van der Waals surface area contributed by atoms with Gasteiger partial charge in [-0.05, 0) is 18.8 Å². The molecule has 0 aromatic heterocycles. The number of carboxylic acid groups (broad SMARTS) is 1. The van der Waals surface area contributed by atoms with E-state index in [2.05, 4.69) is 0 Å². The van der Waals surface area contributed by atoms with Crippen LogP contribution in [0.5, 0.6) is 0 Å². The molecule has 1 saturated heterocycles. The highest BCUT2D eigenvalue weighted by atomic mass is 16.5. The highest BCUT2D eigenvalue weighted by Gasteiger charge is 2.45. The van der Waals surface area contributed by atoms with E-state index < -0.39 is 5.97 Å². The molecule has 2 bridgehead atoms. The third kappa shape index (κ3) is 1.07. The van der Waals surface area contributed by atoms with Gasteiger partial charge in [0.05, 0.1) is 5.92 Å². The molecule has 1 saturated carbocycles. The number of carbonyl (C=O) groups excluding carboxylic acids is 1. The van der Waals surface area contributed by atoms with Crippen LogP contribution in [0.4, 0.5) is 0 Å². The van der Waals surface area contributed by atoms with Crippen molar-refractivity contribution >= 4 is 11.9 Å². The normalized spacial score (nSPS) is 39.3. The molecule has 1 N–H and O–H groups in total. The Morgan fingerprint density at radius 1 is 1.50 bits per heavy atom. The molecule has 1 aliphatic heterocycles. The maximum absolute atomic E-state index is 10.9. The fourth-order valence-corrected chi connectivity index (χ4v) is 2.15. The largest absolute Gasteiger partial charge is 0.481 e. The van der Waals surface area contributed by atoms with E-state index in [1.54, 1.807) is 0 Å².